The van der Waals surface area contributed by atoms with E-state index in [-0.39, 0.29) is 33.9 Å². The predicted octanol–water partition coefficient (Wildman–Crippen LogP) is 1.19. The molecule has 0 saturated heterocycles. The van der Waals surface area contributed by atoms with Crippen LogP contribution in [0.4, 0.5) is 5.69 Å². The molecule has 1 aliphatic heterocycles. The topological polar surface area (TPSA) is 137 Å². The second-order valence-electron chi connectivity index (χ2n) is 5.10. The molecule has 2 heterocycles. The summed E-state index contributed by atoms with van der Waals surface area (Å²) in [4.78, 5) is 23.8. The lowest BCUT2D eigenvalue weighted by Gasteiger charge is -2.21. The minimum absolute atomic E-state index is 0.0200. The lowest BCUT2D eigenvalue weighted by Crippen LogP contribution is -2.18. The Morgan fingerprint density at radius 2 is 1.96 bits per heavy atom. The number of hydrogen-bond donors (Lipinski definition) is 2. The van der Waals surface area contributed by atoms with Crippen molar-refractivity contribution >= 4 is 17.6 Å². The van der Waals surface area contributed by atoms with E-state index in [1.807, 2.05) is 6.07 Å². The SMILES string of the molecule is COC(=O)c1c(N)c(C#N)cn1-c1cc2c(cc1C(=O)O)OCCO2. The normalized spacial score (nSPS) is 12.3. The van der Waals surface area contributed by atoms with E-state index in [1.165, 1.54) is 22.9 Å². The zero-order valence-electron chi connectivity index (χ0n) is 13.1. The molecule has 0 radical (unpaired) electrons. The van der Waals surface area contributed by atoms with Gasteiger partial charge in [-0.15, -0.1) is 0 Å². The molecule has 1 aliphatic rings. The van der Waals surface area contributed by atoms with Gasteiger partial charge in [-0.05, 0) is 0 Å². The number of rotatable bonds is 3. The molecule has 0 saturated carbocycles. The Bertz CT molecular complexity index is 925. The zero-order chi connectivity index (χ0) is 18.1. The number of hydrogen-bond acceptors (Lipinski definition) is 7. The second-order valence-corrected chi connectivity index (χ2v) is 5.10. The van der Waals surface area contributed by atoms with Crippen LogP contribution < -0.4 is 15.2 Å². The Hall–Kier alpha value is -3.67. The number of nitrogen functional groups attached to an aromatic ring is 1. The van der Waals surface area contributed by atoms with Crippen LogP contribution in [0.3, 0.4) is 0 Å². The van der Waals surface area contributed by atoms with Gasteiger partial charge in [0.2, 0.25) is 0 Å². The number of aromatic nitrogens is 1. The molecule has 0 spiro atoms. The Balaban J connectivity index is 2.31. The lowest BCUT2D eigenvalue weighted by atomic mass is 10.1. The fourth-order valence-corrected chi connectivity index (χ4v) is 2.55. The molecule has 9 heteroatoms. The number of aromatic carboxylic acids is 1. The smallest absolute Gasteiger partial charge is 0.357 e. The highest BCUT2D eigenvalue weighted by Crippen LogP contribution is 2.36. The molecule has 1 aromatic heterocycles. The number of esters is 1. The molecule has 0 amide bonds. The number of nitrogens with two attached hydrogens (primary N) is 1. The number of methoxy groups -OCH3 is 1. The monoisotopic (exact) mass is 343 g/mol. The first-order chi connectivity index (χ1) is 12.0. The largest absolute Gasteiger partial charge is 0.486 e. The van der Waals surface area contributed by atoms with Crippen LogP contribution in [0.1, 0.15) is 26.4 Å². The highest BCUT2D eigenvalue weighted by molar-refractivity contribution is 5.98. The van der Waals surface area contributed by atoms with Gasteiger partial charge in [-0.25, -0.2) is 9.59 Å². The molecule has 3 N–H and O–H groups in total. The third-order valence-corrected chi connectivity index (χ3v) is 3.69. The maximum atomic E-state index is 12.1. The highest BCUT2D eigenvalue weighted by Gasteiger charge is 2.26. The summed E-state index contributed by atoms with van der Waals surface area (Å²) in [6, 6.07) is 4.58. The molecule has 3 rings (SSSR count). The Morgan fingerprint density at radius 3 is 2.52 bits per heavy atom. The van der Waals surface area contributed by atoms with Crippen LogP contribution in [-0.2, 0) is 4.74 Å². The van der Waals surface area contributed by atoms with Gasteiger partial charge >= 0.3 is 11.9 Å². The Morgan fingerprint density at radius 1 is 1.32 bits per heavy atom. The number of anilines is 1. The molecule has 128 valence electrons. The molecule has 9 nitrogen and oxygen atoms in total. The molecular weight excluding hydrogens is 330 g/mol. The highest BCUT2D eigenvalue weighted by atomic mass is 16.6. The van der Waals surface area contributed by atoms with Gasteiger partial charge in [0.25, 0.3) is 0 Å². The maximum absolute atomic E-state index is 12.1. The molecule has 1 aromatic carbocycles. The number of nitriles is 1. The minimum Gasteiger partial charge on any atom is -0.486 e. The average Bonchev–Trinajstić information content (AvgIpc) is 2.96. The summed E-state index contributed by atoms with van der Waals surface area (Å²) in [6.07, 6.45) is 1.28. The lowest BCUT2D eigenvalue weighted by molar-refractivity contribution is 0.0590. The fraction of sp³-hybridized carbons (Fsp3) is 0.188. The van der Waals surface area contributed by atoms with E-state index in [2.05, 4.69) is 0 Å². The molecule has 0 atom stereocenters. The van der Waals surface area contributed by atoms with E-state index >= 15 is 0 Å². The number of ether oxygens (including phenoxy) is 3. The first-order valence-corrected chi connectivity index (χ1v) is 7.14. The quantitative estimate of drug-likeness (QED) is 0.793. The van der Waals surface area contributed by atoms with Crippen molar-refractivity contribution in [2.75, 3.05) is 26.1 Å². The minimum atomic E-state index is -1.24. The van der Waals surface area contributed by atoms with Crippen LogP contribution in [0.25, 0.3) is 5.69 Å². The number of nitrogens with zero attached hydrogens (tertiary/aromatic N) is 2. The van der Waals surface area contributed by atoms with Gasteiger partial charge in [-0.1, -0.05) is 0 Å². The number of carbonyl (C=O) groups is 2. The Labute approximate surface area is 141 Å². The second kappa shape index (κ2) is 6.09. The first-order valence-electron chi connectivity index (χ1n) is 7.14. The van der Waals surface area contributed by atoms with Gasteiger partial charge < -0.3 is 29.6 Å². The van der Waals surface area contributed by atoms with Gasteiger partial charge in [0, 0.05) is 18.3 Å². The molecule has 0 aliphatic carbocycles. The van der Waals surface area contributed by atoms with Gasteiger partial charge in [-0.3, -0.25) is 0 Å². The number of carboxylic acid groups (broad SMARTS) is 1. The average molecular weight is 343 g/mol. The zero-order valence-corrected chi connectivity index (χ0v) is 13.1. The standard InChI is InChI=1S/C16H13N3O6/c1-23-16(22)14-13(18)8(6-17)7-19(14)10-5-12-11(24-2-3-25-12)4-9(10)15(20)21/h4-5,7H,2-3,18H2,1H3,(H,20,21). The Kier molecular flexibility index (Phi) is 3.94. The van der Waals surface area contributed by atoms with Gasteiger partial charge in [0.05, 0.1) is 29.6 Å². The summed E-state index contributed by atoms with van der Waals surface area (Å²) in [7, 11) is 1.16. The fourth-order valence-electron chi connectivity index (χ4n) is 2.55. The van der Waals surface area contributed by atoms with Crippen LogP contribution in [0.5, 0.6) is 11.5 Å². The number of carboxylic acids is 1. The summed E-state index contributed by atoms with van der Waals surface area (Å²) < 4.78 is 16.8. The third kappa shape index (κ3) is 2.59. The summed E-state index contributed by atoms with van der Waals surface area (Å²) in [6.45, 7) is 0.605. The first kappa shape index (κ1) is 16.2. The van der Waals surface area contributed by atoms with E-state index in [4.69, 9.17) is 19.9 Å². The van der Waals surface area contributed by atoms with Crippen molar-refractivity contribution in [2.24, 2.45) is 0 Å². The van der Waals surface area contributed by atoms with Crippen molar-refractivity contribution in [1.29, 1.82) is 5.26 Å². The van der Waals surface area contributed by atoms with Crippen molar-refractivity contribution < 1.29 is 28.9 Å². The van der Waals surface area contributed by atoms with Crippen LogP contribution in [0, 0.1) is 11.3 Å². The molecule has 0 bridgehead atoms. The molecule has 25 heavy (non-hydrogen) atoms. The van der Waals surface area contributed by atoms with Crippen molar-refractivity contribution in [3.05, 3.63) is 35.2 Å². The number of benzene rings is 1. The number of carbonyl (C=O) groups excluding carboxylic acids is 1. The summed E-state index contributed by atoms with van der Waals surface area (Å²) in [5, 5.41) is 18.7. The van der Waals surface area contributed by atoms with E-state index in [0.29, 0.717) is 19.0 Å². The molecule has 0 unspecified atom stereocenters. The molecule has 0 fully saturated rings. The molecular formula is C16H13N3O6. The van der Waals surface area contributed by atoms with E-state index in [9.17, 15) is 20.0 Å². The van der Waals surface area contributed by atoms with Gasteiger partial charge in [0.1, 0.15) is 19.3 Å². The summed E-state index contributed by atoms with van der Waals surface area (Å²) >= 11 is 0. The van der Waals surface area contributed by atoms with Crippen LogP contribution in [-0.4, -0.2) is 41.9 Å². The van der Waals surface area contributed by atoms with E-state index in [1.54, 1.807) is 0 Å². The van der Waals surface area contributed by atoms with E-state index < -0.39 is 11.9 Å². The predicted molar refractivity (Wildman–Crippen MR) is 84.2 cm³/mol. The van der Waals surface area contributed by atoms with Crippen LogP contribution >= 0.6 is 0 Å². The van der Waals surface area contributed by atoms with Gasteiger partial charge in [-0.2, -0.15) is 5.26 Å². The maximum Gasteiger partial charge on any atom is 0.357 e. The third-order valence-electron chi connectivity index (χ3n) is 3.69. The van der Waals surface area contributed by atoms with Crippen LogP contribution in [0.2, 0.25) is 0 Å². The van der Waals surface area contributed by atoms with Crippen LogP contribution in [0.15, 0.2) is 18.3 Å². The summed E-state index contributed by atoms with van der Waals surface area (Å²) in [5.41, 5.74) is 5.59. The molecule has 2 aromatic rings. The number of fused-ring (bicyclic) bond motifs is 1. The van der Waals surface area contributed by atoms with E-state index in [0.717, 1.165) is 7.11 Å². The van der Waals surface area contributed by atoms with Crippen molar-refractivity contribution in [1.82, 2.24) is 4.57 Å². The van der Waals surface area contributed by atoms with Crippen molar-refractivity contribution in [3.63, 3.8) is 0 Å². The van der Waals surface area contributed by atoms with Gasteiger partial charge in [0.15, 0.2) is 17.2 Å². The summed E-state index contributed by atoms with van der Waals surface area (Å²) in [5.74, 6) is -1.43. The van der Waals surface area contributed by atoms with Crippen molar-refractivity contribution in [3.8, 4) is 23.3 Å². The van der Waals surface area contributed by atoms with Crippen molar-refractivity contribution in [2.45, 2.75) is 0 Å².